The fourth-order valence-electron chi connectivity index (χ4n) is 3.48. The molecule has 2 heterocycles. The first-order chi connectivity index (χ1) is 17.5. The molecule has 202 valence electrons. The van der Waals surface area contributed by atoms with Crippen molar-refractivity contribution in [1.29, 1.82) is 0 Å². The lowest BCUT2D eigenvalue weighted by Crippen LogP contribution is -2.58. The monoisotopic (exact) mass is 519 g/mol. The first kappa shape index (κ1) is 29.0. The van der Waals surface area contributed by atoms with Gasteiger partial charge in [-0.05, 0) is 12.3 Å². The summed E-state index contributed by atoms with van der Waals surface area (Å²) in [6, 6.07) is -4.94. The topological polar surface area (TPSA) is 251 Å². The SMILES string of the molecule is CC(C)CC(NC(=O)C(Cc1cnc[nH]1)NC(=O)C(CC(N)=O)NC(=O)C(N)Cc1cnc[nH]1)C(=O)O. The van der Waals surface area contributed by atoms with E-state index in [9.17, 15) is 29.1 Å². The number of aromatic nitrogens is 4. The molecule has 2 rings (SSSR count). The minimum absolute atomic E-state index is 0.0248. The summed E-state index contributed by atoms with van der Waals surface area (Å²) in [5.74, 6) is -4.50. The normalized spacial score (nSPS) is 14.3. The predicted octanol–water partition coefficient (Wildman–Crippen LogP) is -2.29. The van der Waals surface area contributed by atoms with Gasteiger partial charge in [-0.2, -0.15) is 0 Å². The number of carboxylic acid groups (broad SMARTS) is 1. The van der Waals surface area contributed by atoms with Crippen molar-refractivity contribution in [2.24, 2.45) is 17.4 Å². The third-order valence-electron chi connectivity index (χ3n) is 5.30. The number of carbonyl (C=O) groups excluding carboxylic acids is 4. The third-order valence-corrected chi connectivity index (χ3v) is 5.30. The smallest absolute Gasteiger partial charge is 0.326 e. The molecule has 4 amide bonds. The van der Waals surface area contributed by atoms with Crippen molar-refractivity contribution in [2.75, 3.05) is 0 Å². The molecule has 0 aliphatic carbocycles. The summed E-state index contributed by atoms with van der Waals surface area (Å²) in [4.78, 5) is 75.3. The summed E-state index contributed by atoms with van der Waals surface area (Å²) in [5, 5.41) is 16.8. The molecular weight excluding hydrogens is 486 g/mol. The molecule has 4 unspecified atom stereocenters. The van der Waals surface area contributed by atoms with Crippen LogP contribution in [0.4, 0.5) is 0 Å². The molecule has 0 aromatic carbocycles. The van der Waals surface area contributed by atoms with Crippen LogP contribution < -0.4 is 27.4 Å². The van der Waals surface area contributed by atoms with E-state index >= 15 is 0 Å². The molecule has 0 aliphatic heterocycles. The summed E-state index contributed by atoms with van der Waals surface area (Å²) in [5.41, 5.74) is 12.2. The highest BCUT2D eigenvalue weighted by Gasteiger charge is 2.31. The first-order valence-corrected chi connectivity index (χ1v) is 11.6. The van der Waals surface area contributed by atoms with Crippen molar-refractivity contribution in [3.63, 3.8) is 0 Å². The Hall–Kier alpha value is -4.27. The molecule has 0 spiro atoms. The Balaban J connectivity index is 2.16. The molecule has 0 fully saturated rings. The van der Waals surface area contributed by atoms with Crippen LogP contribution in [0.3, 0.4) is 0 Å². The van der Waals surface area contributed by atoms with E-state index in [4.69, 9.17) is 11.5 Å². The molecular formula is C22H33N9O6. The number of imidazole rings is 2. The van der Waals surface area contributed by atoms with Gasteiger partial charge in [0.25, 0.3) is 0 Å². The van der Waals surface area contributed by atoms with Crippen LogP contribution in [0.5, 0.6) is 0 Å². The number of carboxylic acids is 1. The molecule has 0 saturated carbocycles. The zero-order chi connectivity index (χ0) is 27.5. The lowest BCUT2D eigenvalue weighted by molar-refractivity contribution is -0.143. The maximum Gasteiger partial charge on any atom is 0.326 e. The highest BCUT2D eigenvalue weighted by molar-refractivity contribution is 5.96. The van der Waals surface area contributed by atoms with Gasteiger partial charge in [-0.25, -0.2) is 14.8 Å². The number of rotatable bonds is 15. The van der Waals surface area contributed by atoms with Gasteiger partial charge in [0.15, 0.2) is 0 Å². The number of carbonyl (C=O) groups is 5. The first-order valence-electron chi connectivity index (χ1n) is 11.6. The zero-order valence-electron chi connectivity index (χ0n) is 20.6. The van der Waals surface area contributed by atoms with Crippen LogP contribution in [0.15, 0.2) is 25.0 Å². The van der Waals surface area contributed by atoms with Crippen LogP contribution in [0, 0.1) is 5.92 Å². The Labute approximate surface area is 212 Å². The third kappa shape index (κ3) is 9.71. The van der Waals surface area contributed by atoms with Gasteiger partial charge in [0, 0.05) is 36.6 Å². The van der Waals surface area contributed by atoms with Gasteiger partial charge in [0.2, 0.25) is 23.6 Å². The number of nitrogens with one attached hydrogen (secondary N) is 5. The van der Waals surface area contributed by atoms with E-state index in [-0.39, 0.29) is 25.2 Å². The van der Waals surface area contributed by atoms with Crippen LogP contribution in [-0.4, -0.2) is 78.8 Å². The quantitative estimate of drug-likeness (QED) is 0.126. The molecule has 15 nitrogen and oxygen atoms in total. The van der Waals surface area contributed by atoms with Crippen molar-refractivity contribution in [3.8, 4) is 0 Å². The Morgan fingerprint density at radius 3 is 1.86 bits per heavy atom. The Bertz CT molecular complexity index is 1050. The van der Waals surface area contributed by atoms with Crippen molar-refractivity contribution in [1.82, 2.24) is 35.9 Å². The minimum atomic E-state index is -1.43. The Morgan fingerprint density at radius 1 is 0.865 bits per heavy atom. The average Bonchev–Trinajstić information content (AvgIpc) is 3.51. The molecule has 37 heavy (non-hydrogen) atoms. The van der Waals surface area contributed by atoms with E-state index in [1.54, 1.807) is 13.8 Å². The van der Waals surface area contributed by atoms with Crippen molar-refractivity contribution >= 4 is 29.6 Å². The number of amides is 4. The summed E-state index contributed by atoms with van der Waals surface area (Å²) in [7, 11) is 0. The van der Waals surface area contributed by atoms with Crippen LogP contribution in [-0.2, 0) is 36.8 Å². The second-order valence-corrected chi connectivity index (χ2v) is 8.99. The average molecular weight is 520 g/mol. The lowest BCUT2D eigenvalue weighted by atomic mass is 10.0. The predicted molar refractivity (Wildman–Crippen MR) is 129 cm³/mol. The Kier molecular flexibility index (Phi) is 10.7. The van der Waals surface area contributed by atoms with E-state index in [0.717, 1.165) is 0 Å². The van der Waals surface area contributed by atoms with Crippen LogP contribution in [0.1, 0.15) is 38.1 Å². The molecule has 15 heteroatoms. The van der Waals surface area contributed by atoms with Crippen LogP contribution in [0.25, 0.3) is 0 Å². The number of primary amides is 1. The van der Waals surface area contributed by atoms with Gasteiger partial charge in [0.1, 0.15) is 18.1 Å². The summed E-state index contributed by atoms with van der Waals surface area (Å²) in [6.45, 7) is 3.61. The fraction of sp³-hybridized carbons (Fsp3) is 0.500. The van der Waals surface area contributed by atoms with Gasteiger partial charge in [0.05, 0.1) is 25.1 Å². The largest absolute Gasteiger partial charge is 0.480 e. The van der Waals surface area contributed by atoms with Crippen molar-refractivity contribution < 1.29 is 29.1 Å². The highest BCUT2D eigenvalue weighted by atomic mass is 16.4. The lowest BCUT2D eigenvalue weighted by Gasteiger charge is -2.25. The fourth-order valence-corrected chi connectivity index (χ4v) is 3.48. The molecule has 0 bridgehead atoms. The number of hydrogen-bond donors (Lipinski definition) is 8. The molecule has 2 aromatic rings. The summed E-state index contributed by atoms with van der Waals surface area (Å²) >= 11 is 0. The Morgan fingerprint density at radius 2 is 1.38 bits per heavy atom. The highest BCUT2D eigenvalue weighted by Crippen LogP contribution is 2.07. The summed E-state index contributed by atoms with van der Waals surface area (Å²) in [6.07, 6.45) is 5.36. The number of aromatic amines is 2. The van der Waals surface area contributed by atoms with E-state index in [0.29, 0.717) is 11.4 Å². The van der Waals surface area contributed by atoms with Gasteiger partial charge in [-0.15, -0.1) is 0 Å². The van der Waals surface area contributed by atoms with Crippen molar-refractivity contribution in [3.05, 3.63) is 36.4 Å². The van der Waals surface area contributed by atoms with Crippen molar-refractivity contribution in [2.45, 2.75) is 63.7 Å². The molecule has 2 aromatic heterocycles. The van der Waals surface area contributed by atoms with Crippen LogP contribution >= 0.6 is 0 Å². The van der Waals surface area contributed by atoms with Gasteiger partial charge >= 0.3 is 5.97 Å². The number of nitrogens with two attached hydrogens (primary N) is 2. The van der Waals surface area contributed by atoms with Gasteiger partial charge < -0.3 is 42.5 Å². The van der Waals surface area contributed by atoms with E-state index in [2.05, 4.69) is 35.9 Å². The standard InChI is InChI=1S/C22H33N9O6/c1-11(2)3-17(22(36)37)31-20(34)15(5-13-8-26-10-28-13)30-21(35)16(6-18(24)32)29-19(33)14(23)4-12-7-25-9-27-12/h7-11,14-17H,3-6,23H2,1-2H3,(H2,24,32)(H,25,27)(H,26,28)(H,29,33)(H,30,35)(H,31,34)(H,36,37). The van der Waals surface area contributed by atoms with E-state index in [1.807, 2.05) is 0 Å². The number of H-pyrrole nitrogens is 2. The number of nitrogens with zero attached hydrogens (tertiary/aromatic N) is 2. The maximum absolute atomic E-state index is 13.1. The molecule has 0 saturated heterocycles. The number of aliphatic carboxylic acids is 1. The molecule has 0 aliphatic rings. The maximum atomic E-state index is 13.1. The molecule has 4 atom stereocenters. The van der Waals surface area contributed by atoms with E-state index in [1.165, 1.54) is 25.0 Å². The zero-order valence-corrected chi connectivity index (χ0v) is 20.6. The minimum Gasteiger partial charge on any atom is -0.480 e. The molecule has 10 N–H and O–H groups in total. The van der Waals surface area contributed by atoms with E-state index < -0.39 is 60.2 Å². The number of hydrogen-bond acceptors (Lipinski definition) is 8. The second-order valence-electron chi connectivity index (χ2n) is 8.99. The molecule has 0 radical (unpaired) electrons. The second kappa shape index (κ2) is 13.7. The van der Waals surface area contributed by atoms with Gasteiger partial charge in [-0.3, -0.25) is 19.2 Å². The summed E-state index contributed by atoms with van der Waals surface area (Å²) < 4.78 is 0. The van der Waals surface area contributed by atoms with Crippen LogP contribution in [0.2, 0.25) is 0 Å². The van der Waals surface area contributed by atoms with Gasteiger partial charge in [-0.1, -0.05) is 13.8 Å².